The van der Waals surface area contributed by atoms with Gasteiger partial charge in [-0.15, -0.1) is 13.2 Å². The Labute approximate surface area is 197 Å². The van der Waals surface area contributed by atoms with Gasteiger partial charge >= 0.3 is 6.36 Å². The third-order valence-electron chi connectivity index (χ3n) is 6.88. The fraction of sp³-hybridized carbons (Fsp3) is 0.333. The molecule has 176 valence electrons. The van der Waals surface area contributed by atoms with Crippen molar-refractivity contribution < 1.29 is 27.4 Å². The van der Waals surface area contributed by atoms with E-state index < -0.39 is 6.36 Å². The van der Waals surface area contributed by atoms with E-state index in [1.54, 1.807) is 41.3 Å². The molecule has 1 aliphatic carbocycles. The van der Waals surface area contributed by atoms with Gasteiger partial charge in [-0.2, -0.15) is 5.10 Å². The highest BCUT2D eigenvalue weighted by Crippen LogP contribution is 2.59. The van der Waals surface area contributed by atoms with Crippen LogP contribution in [0.5, 0.6) is 5.75 Å². The lowest BCUT2D eigenvalue weighted by Crippen LogP contribution is -2.53. The minimum Gasteiger partial charge on any atom is -0.406 e. The van der Waals surface area contributed by atoms with Gasteiger partial charge in [0, 0.05) is 23.0 Å². The van der Waals surface area contributed by atoms with Crippen LogP contribution in [-0.2, 0) is 4.74 Å². The lowest BCUT2D eigenvalue weighted by molar-refractivity contribution is -0.274. The molecule has 3 aromatic rings. The van der Waals surface area contributed by atoms with E-state index in [0.717, 1.165) is 12.8 Å². The average Bonchev–Trinajstić information content (AvgIpc) is 3.37. The van der Waals surface area contributed by atoms with E-state index in [9.17, 15) is 18.0 Å². The van der Waals surface area contributed by atoms with E-state index in [2.05, 4.69) is 9.84 Å². The van der Waals surface area contributed by atoms with Crippen molar-refractivity contribution in [3.63, 3.8) is 0 Å². The summed E-state index contributed by atoms with van der Waals surface area (Å²) in [7, 11) is 0. The summed E-state index contributed by atoms with van der Waals surface area (Å²) in [6.45, 7) is 1.13. The number of hydrogen-bond donors (Lipinski definition) is 0. The summed E-state index contributed by atoms with van der Waals surface area (Å²) in [4.78, 5) is 15.1. The number of alkyl halides is 3. The van der Waals surface area contributed by atoms with Crippen molar-refractivity contribution in [2.75, 3.05) is 13.1 Å². The van der Waals surface area contributed by atoms with Crippen LogP contribution >= 0.6 is 11.6 Å². The summed E-state index contributed by atoms with van der Waals surface area (Å²) < 4.78 is 49.8. The van der Waals surface area contributed by atoms with Crippen LogP contribution in [0.15, 0.2) is 54.6 Å². The summed E-state index contributed by atoms with van der Waals surface area (Å²) >= 11 is 6.16. The molecule has 3 unspecified atom stereocenters. The first-order chi connectivity index (χ1) is 16.2. The highest BCUT2D eigenvalue weighted by molar-refractivity contribution is 6.30. The van der Waals surface area contributed by atoms with Crippen molar-refractivity contribution in [3.05, 3.63) is 65.3 Å². The molecule has 1 saturated carbocycles. The molecule has 1 aromatic heterocycles. The van der Waals surface area contributed by atoms with Gasteiger partial charge in [-0.05, 0) is 49.2 Å². The molecule has 34 heavy (non-hydrogen) atoms. The van der Waals surface area contributed by atoms with Crippen molar-refractivity contribution in [1.82, 2.24) is 14.7 Å². The topological polar surface area (TPSA) is 59.9 Å². The molecule has 3 aliphatic rings. The van der Waals surface area contributed by atoms with E-state index >= 15 is 0 Å². The molecule has 1 spiro atoms. The number of epoxide rings is 1. The number of halogens is 4. The summed E-state index contributed by atoms with van der Waals surface area (Å²) in [6.07, 6.45) is -2.65. The number of nitrogens with zero attached hydrogens (tertiary/aromatic N) is 3. The monoisotopic (exact) mass is 489 g/mol. The zero-order valence-corrected chi connectivity index (χ0v) is 18.5. The second-order valence-corrected chi connectivity index (χ2v) is 9.33. The van der Waals surface area contributed by atoms with E-state index in [4.69, 9.17) is 16.3 Å². The Hall–Kier alpha value is -3.04. The van der Waals surface area contributed by atoms with Gasteiger partial charge in [-0.1, -0.05) is 29.8 Å². The van der Waals surface area contributed by atoms with Gasteiger partial charge in [0.05, 0.1) is 17.9 Å². The summed E-state index contributed by atoms with van der Waals surface area (Å²) in [5, 5.41) is 5.00. The van der Waals surface area contributed by atoms with Gasteiger partial charge in [0.15, 0.2) is 5.69 Å². The van der Waals surface area contributed by atoms with Crippen LogP contribution < -0.4 is 4.74 Å². The minimum atomic E-state index is -4.82. The number of carbonyl (C=O) groups is 1. The molecule has 2 aromatic carbocycles. The van der Waals surface area contributed by atoms with Crippen LogP contribution in [0.25, 0.3) is 16.9 Å². The smallest absolute Gasteiger partial charge is 0.406 e. The third kappa shape index (κ3) is 3.63. The molecule has 0 radical (unpaired) electrons. The third-order valence-corrected chi connectivity index (χ3v) is 7.12. The van der Waals surface area contributed by atoms with Gasteiger partial charge in [-0.25, -0.2) is 4.68 Å². The van der Waals surface area contributed by atoms with Crippen LogP contribution in [0.3, 0.4) is 0 Å². The predicted octanol–water partition coefficient (Wildman–Crippen LogP) is 5.09. The average molecular weight is 490 g/mol. The predicted molar refractivity (Wildman–Crippen MR) is 117 cm³/mol. The lowest BCUT2D eigenvalue weighted by Gasteiger charge is -2.42. The van der Waals surface area contributed by atoms with Crippen molar-refractivity contribution in [1.29, 1.82) is 0 Å². The quantitative estimate of drug-likeness (QED) is 0.479. The highest BCUT2D eigenvalue weighted by Gasteiger charge is 2.69. The Kier molecular flexibility index (Phi) is 4.73. The van der Waals surface area contributed by atoms with Crippen molar-refractivity contribution in [3.8, 4) is 22.7 Å². The molecule has 0 N–H and O–H groups in total. The molecule has 3 atom stereocenters. The SMILES string of the molecule is O=C(c1cc(-c2cccc(OC(F)(F)F)c2)n(-c2cccc(Cl)c2)n1)N1CC2CCC23OC3C1. The molecular weight excluding hydrogens is 471 g/mol. The van der Waals surface area contributed by atoms with E-state index in [0.29, 0.717) is 41.0 Å². The van der Waals surface area contributed by atoms with Crippen LogP contribution in [0.1, 0.15) is 23.3 Å². The Morgan fingerprint density at radius 2 is 1.97 bits per heavy atom. The van der Waals surface area contributed by atoms with E-state index in [1.165, 1.54) is 22.9 Å². The number of aromatic nitrogens is 2. The van der Waals surface area contributed by atoms with Crippen molar-refractivity contribution in [2.45, 2.75) is 30.9 Å². The maximum absolute atomic E-state index is 13.4. The molecule has 0 bridgehead atoms. The number of piperidine rings is 1. The molecule has 3 fully saturated rings. The summed E-state index contributed by atoms with van der Waals surface area (Å²) in [6, 6.07) is 14.0. The molecule has 2 saturated heterocycles. The van der Waals surface area contributed by atoms with Gasteiger partial charge in [0.1, 0.15) is 17.5 Å². The molecule has 3 heterocycles. The standard InChI is InChI=1S/C24H19ClF3N3O3/c25-16-4-2-5-17(10-16)31-20(14-3-1-6-18(9-14)33-24(26,27)28)11-19(29-31)22(32)30-12-15-7-8-23(15)21(13-30)34-23/h1-6,9-11,15,21H,7-8,12-13H2. The Morgan fingerprint density at radius 1 is 1.15 bits per heavy atom. The fourth-order valence-corrected chi connectivity index (χ4v) is 5.28. The Bertz CT molecular complexity index is 1290. The second kappa shape index (κ2) is 7.48. The maximum Gasteiger partial charge on any atom is 0.573 e. The first kappa shape index (κ1) is 21.5. The first-order valence-corrected chi connectivity index (χ1v) is 11.3. The van der Waals surface area contributed by atoms with Crippen LogP contribution in [0.4, 0.5) is 13.2 Å². The molecule has 6 nitrogen and oxygen atoms in total. The van der Waals surface area contributed by atoms with E-state index in [-0.39, 0.29) is 29.1 Å². The Balaban J connectivity index is 1.38. The van der Waals surface area contributed by atoms with Crippen LogP contribution in [0, 0.1) is 5.92 Å². The molecule has 6 rings (SSSR count). The maximum atomic E-state index is 13.4. The number of amides is 1. The molecule has 1 amide bonds. The zero-order chi connectivity index (χ0) is 23.7. The van der Waals surface area contributed by atoms with Gasteiger partial charge in [0.25, 0.3) is 5.91 Å². The van der Waals surface area contributed by atoms with Gasteiger partial charge < -0.3 is 14.4 Å². The largest absolute Gasteiger partial charge is 0.573 e. The number of benzene rings is 2. The Morgan fingerprint density at radius 3 is 2.68 bits per heavy atom. The number of hydrogen-bond acceptors (Lipinski definition) is 4. The summed E-state index contributed by atoms with van der Waals surface area (Å²) in [5.41, 5.74) is 1.61. The van der Waals surface area contributed by atoms with Crippen molar-refractivity contribution >= 4 is 17.5 Å². The zero-order valence-electron chi connectivity index (χ0n) is 17.8. The molecule has 2 aliphatic heterocycles. The number of likely N-dealkylation sites (tertiary alicyclic amines) is 1. The molecular formula is C24H19ClF3N3O3. The van der Waals surface area contributed by atoms with E-state index in [1.807, 2.05) is 0 Å². The van der Waals surface area contributed by atoms with Crippen LogP contribution in [-0.4, -0.2) is 51.7 Å². The summed E-state index contributed by atoms with van der Waals surface area (Å²) in [5.74, 6) is -0.249. The minimum absolute atomic E-state index is 0.0129. The van der Waals surface area contributed by atoms with Crippen LogP contribution in [0.2, 0.25) is 5.02 Å². The highest BCUT2D eigenvalue weighted by atomic mass is 35.5. The number of ether oxygens (including phenoxy) is 2. The second-order valence-electron chi connectivity index (χ2n) is 8.89. The number of rotatable bonds is 4. The van der Waals surface area contributed by atoms with Crippen molar-refractivity contribution in [2.24, 2.45) is 5.92 Å². The number of carbonyl (C=O) groups excluding carboxylic acids is 1. The normalized spacial score (nSPS) is 25.2. The van der Waals surface area contributed by atoms with Gasteiger partial charge in [0.2, 0.25) is 0 Å². The lowest BCUT2D eigenvalue weighted by atomic mass is 9.69. The fourth-order valence-electron chi connectivity index (χ4n) is 5.10. The molecule has 10 heteroatoms. The van der Waals surface area contributed by atoms with Gasteiger partial charge in [-0.3, -0.25) is 4.79 Å². The first-order valence-electron chi connectivity index (χ1n) is 10.9.